The number of halogens is 1. The van der Waals surface area contributed by atoms with Crippen LogP contribution in [0, 0.1) is 5.82 Å². The molecule has 148 valence electrons. The lowest BCUT2D eigenvalue weighted by atomic mass is 9.87. The molecular weight excluding hydrogens is 359 g/mol. The van der Waals surface area contributed by atoms with Crippen LogP contribution in [0.5, 0.6) is 0 Å². The maximum absolute atomic E-state index is 14.0. The number of hydrogen-bond acceptors (Lipinski definition) is 3. The van der Waals surface area contributed by atoms with Gasteiger partial charge in [-0.1, -0.05) is 18.2 Å². The van der Waals surface area contributed by atoms with Gasteiger partial charge in [0.15, 0.2) is 0 Å². The van der Waals surface area contributed by atoms with Crippen molar-refractivity contribution in [2.45, 2.75) is 50.0 Å². The first-order chi connectivity index (χ1) is 13.5. The third kappa shape index (κ3) is 3.96. The average Bonchev–Trinajstić information content (AvgIpc) is 3.43. The molecule has 28 heavy (non-hydrogen) atoms. The smallest absolute Gasteiger partial charge is 0.222 e. The summed E-state index contributed by atoms with van der Waals surface area (Å²) in [6.07, 6.45) is 5.13. The lowest BCUT2D eigenvalue weighted by molar-refractivity contribution is -0.131. The number of nitrogens with one attached hydrogen (secondary N) is 1. The number of carbonyl (C=O) groups is 2. The number of nitrogens with zero attached hydrogens (tertiary/aromatic N) is 1. The van der Waals surface area contributed by atoms with Crippen molar-refractivity contribution >= 4 is 11.8 Å². The minimum atomic E-state index is -0.421. The SMILES string of the molecule is O=C1CC[C@](CCC(=O)N2CC[C@@H](c3ccccc3F)C2)(Cc2ccco2)N1. The van der Waals surface area contributed by atoms with Gasteiger partial charge in [-0.3, -0.25) is 9.59 Å². The number of likely N-dealkylation sites (tertiary alicyclic amines) is 1. The normalized spacial score (nSPS) is 24.5. The van der Waals surface area contributed by atoms with Crippen molar-refractivity contribution in [3.05, 3.63) is 59.8 Å². The molecule has 0 unspecified atom stereocenters. The number of benzene rings is 1. The van der Waals surface area contributed by atoms with Gasteiger partial charge in [0.2, 0.25) is 11.8 Å². The Bertz CT molecular complexity index is 851. The highest BCUT2D eigenvalue weighted by Gasteiger charge is 2.39. The summed E-state index contributed by atoms with van der Waals surface area (Å²) >= 11 is 0. The molecule has 1 N–H and O–H groups in total. The molecule has 1 aromatic heterocycles. The van der Waals surface area contributed by atoms with Crippen LogP contribution in [0.25, 0.3) is 0 Å². The number of carbonyl (C=O) groups excluding carboxylic acids is 2. The van der Waals surface area contributed by atoms with Crippen LogP contribution in [-0.4, -0.2) is 35.3 Å². The van der Waals surface area contributed by atoms with Gasteiger partial charge in [0.1, 0.15) is 11.6 Å². The molecule has 2 aromatic rings. The van der Waals surface area contributed by atoms with E-state index < -0.39 is 5.54 Å². The van der Waals surface area contributed by atoms with Gasteiger partial charge in [-0.25, -0.2) is 4.39 Å². The van der Waals surface area contributed by atoms with Crippen molar-refractivity contribution in [2.75, 3.05) is 13.1 Å². The Morgan fingerprint density at radius 1 is 1.29 bits per heavy atom. The first-order valence-corrected chi connectivity index (χ1v) is 9.90. The van der Waals surface area contributed by atoms with Gasteiger partial charge in [0.05, 0.1) is 6.26 Å². The van der Waals surface area contributed by atoms with E-state index in [1.54, 1.807) is 18.4 Å². The standard InChI is InChI=1S/C22H25FN2O3/c23-19-6-2-1-5-18(19)16-9-12-25(15-16)21(27)8-11-22(10-7-20(26)24-22)14-17-4-3-13-28-17/h1-6,13,16H,7-12,14-15H2,(H,24,26)/t16-,22+/m1/s1. The second-order valence-electron chi connectivity index (χ2n) is 7.93. The summed E-state index contributed by atoms with van der Waals surface area (Å²) in [5, 5.41) is 3.07. The zero-order chi connectivity index (χ0) is 19.6. The monoisotopic (exact) mass is 384 g/mol. The molecule has 2 aliphatic rings. The topological polar surface area (TPSA) is 62.6 Å². The summed E-state index contributed by atoms with van der Waals surface area (Å²) in [6.45, 7) is 1.20. The molecule has 3 heterocycles. The Morgan fingerprint density at radius 2 is 2.14 bits per heavy atom. The molecule has 2 fully saturated rings. The first-order valence-electron chi connectivity index (χ1n) is 9.90. The van der Waals surface area contributed by atoms with Crippen molar-refractivity contribution in [3.8, 4) is 0 Å². The van der Waals surface area contributed by atoms with E-state index in [1.165, 1.54) is 6.07 Å². The molecule has 2 amide bonds. The predicted molar refractivity (Wildman–Crippen MR) is 102 cm³/mol. The minimum absolute atomic E-state index is 0.0276. The summed E-state index contributed by atoms with van der Waals surface area (Å²) in [7, 11) is 0. The largest absolute Gasteiger partial charge is 0.469 e. The van der Waals surface area contributed by atoms with Crippen LogP contribution in [0.1, 0.15) is 49.3 Å². The van der Waals surface area contributed by atoms with Crippen molar-refractivity contribution in [1.29, 1.82) is 0 Å². The van der Waals surface area contributed by atoms with E-state index in [1.807, 2.05) is 23.1 Å². The van der Waals surface area contributed by atoms with Gasteiger partial charge in [-0.2, -0.15) is 0 Å². The lowest BCUT2D eigenvalue weighted by Gasteiger charge is -2.29. The first kappa shape index (κ1) is 18.7. The molecule has 0 bridgehead atoms. The summed E-state index contributed by atoms with van der Waals surface area (Å²) in [4.78, 5) is 26.5. The second kappa shape index (κ2) is 7.78. The molecule has 1 aromatic carbocycles. The Labute approximate surface area is 163 Å². The van der Waals surface area contributed by atoms with Crippen LogP contribution in [-0.2, 0) is 16.0 Å². The summed E-state index contributed by atoms with van der Waals surface area (Å²) in [5.74, 6) is 0.760. The number of furan rings is 1. The maximum Gasteiger partial charge on any atom is 0.222 e. The molecule has 2 saturated heterocycles. The zero-order valence-electron chi connectivity index (χ0n) is 15.8. The van der Waals surface area contributed by atoms with Gasteiger partial charge >= 0.3 is 0 Å². The number of amides is 2. The number of rotatable bonds is 6. The van der Waals surface area contributed by atoms with Crippen LogP contribution in [0.4, 0.5) is 4.39 Å². The Balaban J connectivity index is 1.36. The fraction of sp³-hybridized carbons (Fsp3) is 0.455. The molecule has 0 radical (unpaired) electrons. The molecular formula is C22H25FN2O3. The van der Waals surface area contributed by atoms with Crippen molar-refractivity contribution in [3.63, 3.8) is 0 Å². The average molecular weight is 384 g/mol. The molecule has 0 aliphatic carbocycles. The van der Waals surface area contributed by atoms with Crippen LogP contribution < -0.4 is 5.32 Å². The van der Waals surface area contributed by atoms with Crippen LogP contribution in [0.2, 0.25) is 0 Å². The Hall–Kier alpha value is -2.63. The van der Waals surface area contributed by atoms with Crippen LogP contribution in [0.15, 0.2) is 47.1 Å². The molecule has 5 nitrogen and oxygen atoms in total. The molecule has 2 atom stereocenters. The molecule has 0 spiro atoms. The summed E-state index contributed by atoms with van der Waals surface area (Å²) < 4.78 is 19.5. The lowest BCUT2D eigenvalue weighted by Crippen LogP contribution is -2.44. The van der Waals surface area contributed by atoms with E-state index in [0.29, 0.717) is 50.8 Å². The van der Waals surface area contributed by atoms with Crippen molar-refractivity contribution in [2.24, 2.45) is 0 Å². The minimum Gasteiger partial charge on any atom is -0.469 e. The highest BCUT2D eigenvalue weighted by molar-refractivity contribution is 5.80. The zero-order valence-corrected chi connectivity index (χ0v) is 15.8. The highest BCUT2D eigenvalue weighted by Crippen LogP contribution is 2.32. The fourth-order valence-electron chi connectivity index (χ4n) is 4.48. The van der Waals surface area contributed by atoms with Gasteiger partial charge in [-0.15, -0.1) is 0 Å². The van der Waals surface area contributed by atoms with Gasteiger partial charge in [0, 0.05) is 43.8 Å². The van der Waals surface area contributed by atoms with E-state index in [0.717, 1.165) is 12.2 Å². The fourth-order valence-corrected chi connectivity index (χ4v) is 4.48. The van der Waals surface area contributed by atoms with Gasteiger partial charge in [0.25, 0.3) is 0 Å². The van der Waals surface area contributed by atoms with Crippen LogP contribution in [0.3, 0.4) is 0 Å². The molecule has 0 saturated carbocycles. The van der Waals surface area contributed by atoms with E-state index in [2.05, 4.69) is 5.32 Å². The molecule has 4 rings (SSSR count). The van der Waals surface area contributed by atoms with Crippen molar-refractivity contribution < 1.29 is 18.4 Å². The second-order valence-corrected chi connectivity index (χ2v) is 7.93. The summed E-state index contributed by atoms with van der Waals surface area (Å²) in [5.41, 5.74) is 0.269. The summed E-state index contributed by atoms with van der Waals surface area (Å²) in [6, 6.07) is 10.5. The predicted octanol–water partition coefficient (Wildman–Crippen LogP) is 3.41. The van der Waals surface area contributed by atoms with E-state index >= 15 is 0 Å². The maximum atomic E-state index is 14.0. The number of hydrogen-bond donors (Lipinski definition) is 1. The molecule has 2 aliphatic heterocycles. The van der Waals surface area contributed by atoms with Crippen molar-refractivity contribution in [1.82, 2.24) is 10.2 Å². The van der Waals surface area contributed by atoms with E-state index in [9.17, 15) is 14.0 Å². The van der Waals surface area contributed by atoms with E-state index in [4.69, 9.17) is 4.42 Å². The molecule has 6 heteroatoms. The quantitative estimate of drug-likeness (QED) is 0.830. The van der Waals surface area contributed by atoms with Gasteiger partial charge < -0.3 is 14.6 Å². The third-order valence-electron chi connectivity index (χ3n) is 6.03. The van der Waals surface area contributed by atoms with Crippen LogP contribution >= 0.6 is 0 Å². The third-order valence-corrected chi connectivity index (χ3v) is 6.03. The Kier molecular flexibility index (Phi) is 5.20. The highest BCUT2D eigenvalue weighted by atomic mass is 19.1. The Morgan fingerprint density at radius 3 is 2.86 bits per heavy atom. The van der Waals surface area contributed by atoms with E-state index in [-0.39, 0.29) is 23.5 Å². The van der Waals surface area contributed by atoms with Gasteiger partial charge in [-0.05, 0) is 43.0 Å².